The highest BCUT2D eigenvalue weighted by atomic mass is 19.3. The zero-order valence-electron chi connectivity index (χ0n) is 14.0. The maximum absolute atomic E-state index is 14.7. The van der Waals surface area contributed by atoms with Gasteiger partial charge in [-0.3, -0.25) is 0 Å². The lowest BCUT2D eigenvalue weighted by Gasteiger charge is -2.34. The van der Waals surface area contributed by atoms with Gasteiger partial charge < -0.3 is 10.7 Å². The Labute approximate surface area is 147 Å². The van der Waals surface area contributed by atoms with E-state index in [-0.39, 0.29) is 42.7 Å². The highest BCUT2D eigenvalue weighted by molar-refractivity contribution is 5.78. The first-order valence-corrected chi connectivity index (χ1v) is 8.70. The molecule has 0 saturated heterocycles. The van der Waals surface area contributed by atoms with E-state index in [9.17, 15) is 22.0 Å². The second kappa shape index (κ2) is 5.90. The number of nitrogens with zero attached hydrogens (tertiary/aromatic N) is 1. The fourth-order valence-corrected chi connectivity index (χ4v) is 3.90. The molecule has 2 aliphatic carbocycles. The molecule has 0 unspecified atom stereocenters. The summed E-state index contributed by atoms with van der Waals surface area (Å²) in [7, 11) is 0. The molecule has 141 valence electrons. The number of aromatic nitrogens is 2. The largest absolute Gasteiger partial charge is 0.341 e. The van der Waals surface area contributed by atoms with Crippen LogP contribution >= 0.6 is 0 Å². The predicted molar refractivity (Wildman–Crippen MR) is 86.4 cm³/mol. The average Bonchev–Trinajstić information content (AvgIpc) is 2.97. The molecular formula is C18H19F5N3. The molecule has 1 aromatic carbocycles. The van der Waals surface area contributed by atoms with Crippen molar-refractivity contribution in [3.63, 3.8) is 0 Å². The lowest BCUT2D eigenvalue weighted by atomic mass is 9.76. The van der Waals surface area contributed by atoms with Crippen molar-refractivity contribution in [1.29, 1.82) is 0 Å². The van der Waals surface area contributed by atoms with Crippen molar-refractivity contribution >= 4 is 11.0 Å². The summed E-state index contributed by atoms with van der Waals surface area (Å²) in [5.74, 6) is -5.49. The van der Waals surface area contributed by atoms with Gasteiger partial charge in [-0.05, 0) is 30.4 Å². The predicted octanol–water partition coefficient (Wildman–Crippen LogP) is 4.88. The summed E-state index contributed by atoms with van der Waals surface area (Å²) in [6.07, 6.45) is -0.740. The van der Waals surface area contributed by atoms with E-state index in [1.807, 2.05) is 0 Å². The summed E-state index contributed by atoms with van der Waals surface area (Å²) in [4.78, 5) is 7.17. The van der Waals surface area contributed by atoms with E-state index >= 15 is 0 Å². The van der Waals surface area contributed by atoms with Gasteiger partial charge in [0, 0.05) is 31.6 Å². The number of aromatic amines is 1. The summed E-state index contributed by atoms with van der Waals surface area (Å²) in [6, 6.07) is 2.47. The van der Waals surface area contributed by atoms with Crippen molar-refractivity contribution in [2.24, 2.45) is 11.7 Å². The van der Waals surface area contributed by atoms with Crippen LogP contribution in [0.1, 0.15) is 56.0 Å². The Morgan fingerprint density at radius 2 is 1.73 bits per heavy atom. The second-order valence-corrected chi connectivity index (χ2v) is 7.48. The second-order valence-electron chi connectivity index (χ2n) is 7.48. The molecule has 3 N–H and O–H groups in total. The van der Waals surface area contributed by atoms with Crippen molar-refractivity contribution in [2.45, 2.75) is 56.4 Å². The Hall–Kier alpha value is -1.70. The number of halogens is 5. The molecular weight excluding hydrogens is 353 g/mol. The molecule has 1 atom stereocenters. The topological polar surface area (TPSA) is 54.7 Å². The van der Waals surface area contributed by atoms with Gasteiger partial charge in [0.1, 0.15) is 11.3 Å². The number of hydrogen-bond donors (Lipinski definition) is 2. The van der Waals surface area contributed by atoms with Crippen molar-refractivity contribution in [3.8, 4) is 0 Å². The van der Waals surface area contributed by atoms with Crippen molar-refractivity contribution in [1.82, 2.24) is 9.97 Å². The number of alkyl halides is 4. The molecule has 1 radical (unpaired) electrons. The van der Waals surface area contributed by atoms with Crippen molar-refractivity contribution in [3.05, 3.63) is 35.3 Å². The molecule has 0 bridgehead atoms. The van der Waals surface area contributed by atoms with Gasteiger partial charge in [-0.2, -0.15) is 0 Å². The quantitative estimate of drug-likeness (QED) is 0.755. The van der Waals surface area contributed by atoms with E-state index in [2.05, 4.69) is 9.97 Å². The molecule has 4 rings (SSSR count). The first kappa shape index (κ1) is 17.7. The molecule has 2 aromatic rings. The highest BCUT2D eigenvalue weighted by Gasteiger charge is 2.47. The number of H-pyrrole nitrogens is 1. The molecule has 26 heavy (non-hydrogen) atoms. The van der Waals surface area contributed by atoms with E-state index in [1.165, 1.54) is 6.07 Å². The molecule has 1 aromatic heterocycles. The highest BCUT2D eigenvalue weighted by Crippen LogP contribution is 2.48. The van der Waals surface area contributed by atoms with Crippen molar-refractivity contribution < 1.29 is 22.0 Å². The Bertz CT molecular complexity index is 814. The number of rotatable bonds is 3. The van der Waals surface area contributed by atoms with E-state index in [4.69, 9.17) is 5.73 Å². The van der Waals surface area contributed by atoms with Gasteiger partial charge in [-0.15, -0.1) is 0 Å². The van der Waals surface area contributed by atoms with E-state index in [1.54, 1.807) is 6.07 Å². The van der Waals surface area contributed by atoms with E-state index < -0.39 is 36.5 Å². The van der Waals surface area contributed by atoms with Crippen LogP contribution in [0, 0.1) is 17.7 Å². The van der Waals surface area contributed by atoms with Crippen LogP contribution in [0.3, 0.4) is 0 Å². The Kier molecular flexibility index (Phi) is 4.02. The van der Waals surface area contributed by atoms with E-state index in [0.717, 1.165) is 0 Å². The normalized spacial score (nSPS) is 24.5. The fraction of sp³-hybridized carbons (Fsp3) is 0.556. The Balaban J connectivity index is 1.57. The number of nitrogens with two attached hydrogens (primary N) is 1. The number of hydrogen-bond acceptors (Lipinski definition) is 2. The summed E-state index contributed by atoms with van der Waals surface area (Å²) in [5.41, 5.74) is 6.81. The summed E-state index contributed by atoms with van der Waals surface area (Å²) < 4.78 is 67.5. The zero-order chi connectivity index (χ0) is 18.7. The van der Waals surface area contributed by atoms with Gasteiger partial charge in [0.15, 0.2) is 5.82 Å². The smallest absolute Gasteiger partial charge is 0.249 e. The third kappa shape index (κ3) is 3.08. The minimum atomic E-state index is -2.77. The molecule has 2 fully saturated rings. The SMILES string of the molecule is N[C@H](c1nc2c(F)c([C]3CC(F)(F)C3)ccc2[nH]1)C1CCC(F)(F)CC1. The van der Waals surface area contributed by atoms with Gasteiger partial charge in [-0.25, -0.2) is 26.9 Å². The van der Waals surface area contributed by atoms with Crippen LogP contribution in [0.4, 0.5) is 22.0 Å². The number of benzene rings is 1. The Morgan fingerprint density at radius 1 is 1.08 bits per heavy atom. The van der Waals surface area contributed by atoms with E-state index in [0.29, 0.717) is 17.3 Å². The lowest BCUT2D eigenvalue weighted by Crippen LogP contribution is -2.34. The van der Waals surface area contributed by atoms with Crippen LogP contribution in [0.15, 0.2) is 12.1 Å². The monoisotopic (exact) mass is 372 g/mol. The molecule has 0 amide bonds. The molecule has 8 heteroatoms. The number of imidazole rings is 1. The molecule has 2 aliphatic rings. The molecule has 0 spiro atoms. The van der Waals surface area contributed by atoms with Gasteiger partial charge in [0.25, 0.3) is 0 Å². The average molecular weight is 372 g/mol. The number of nitrogens with one attached hydrogen (secondary N) is 1. The third-order valence-corrected chi connectivity index (χ3v) is 5.52. The van der Waals surface area contributed by atoms with Gasteiger partial charge in [0.05, 0.1) is 11.6 Å². The third-order valence-electron chi connectivity index (χ3n) is 5.52. The minimum absolute atomic E-state index is 0.0526. The van der Waals surface area contributed by atoms with Crippen molar-refractivity contribution in [2.75, 3.05) is 0 Å². The van der Waals surface area contributed by atoms with Crippen LogP contribution in [0.2, 0.25) is 0 Å². The van der Waals surface area contributed by atoms with Crippen LogP contribution in [-0.4, -0.2) is 21.8 Å². The van der Waals surface area contributed by atoms with Crippen LogP contribution in [-0.2, 0) is 0 Å². The van der Waals surface area contributed by atoms with Crippen LogP contribution < -0.4 is 5.73 Å². The first-order chi connectivity index (χ1) is 12.2. The Morgan fingerprint density at radius 3 is 2.35 bits per heavy atom. The van der Waals surface area contributed by atoms with Gasteiger partial charge in [0.2, 0.25) is 11.8 Å². The fourth-order valence-electron chi connectivity index (χ4n) is 3.90. The van der Waals surface area contributed by atoms with Gasteiger partial charge >= 0.3 is 0 Å². The maximum Gasteiger partial charge on any atom is 0.249 e. The lowest BCUT2D eigenvalue weighted by molar-refractivity contribution is -0.0517. The zero-order valence-corrected chi connectivity index (χ0v) is 14.0. The number of fused-ring (bicyclic) bond motifs is 1. The molecule has 1 heterocycles. The molecule has 2 saturated carbocycles. The standard InChI is InChI=1S/C18H19F5N3/c19-13-11(10-7-18(22,23)8-10)1-2-12-15(13)26-16(25-12)14(24)9-3-5-17(20,21)6-4-9/h1-2,9,14H,3-8,24H2,(H,25,26)/t14-/m0/s1. The molecule has 0 aliphatic heterocycles. The summed E-state index contributed by atoms with van der Waals surface area (Å²) in [6.45, 7) is 0. The first-order valence-electron chi connectivity index (χ1n) is 8.70. The summed E-state index contributed by atoms with van der Waals surface area (Å²) in [5, 5.41) is 0. The van der Waals surface area contributed by atoms with Gasteiger partial charge in [-0.1, -0.05) is 6.07 Å². The molecule has 3 nitrogen and oxygen atoms in total. The van der Waals surface area contributed by atoms with Crippen LogP contribution in [0.25, 0.3) is 11.0 Å². The summed E-state index contributed by atoms with van der Waals surface area (Å²) >= 11 is 0. The minimum Gasteiger partial charge on any atom is -0.341 e. The van der Waals surface area contributed by atoms with Crippen LogP contribution in [0.5, 0.6) is 0 Å². The maximum atomic E-state index is 14.7.